The number of phenols is 1. The summed E-state index contributed by atoms with van der Waals surface area (Å²) in [6.07, 6.45) is 3.29. The Morgan fingerprint density at radius 1 is 1.20 bits per heavy atom. The predicted octanol–water partition coefficient (Wildman–Crippen LogP) is 1.57. The zero-order chi connectivity index (χ0) is 10.7. The molecule has 0 aromatic heterocycles. The molecule has 1 aromatic rings. The van der Waals surface area contributed by atoms with Crippen LogP contribution in [0.4, 0.5) is 0 Å². The van der Waals surface area contributed by atoms with Gasteiger partial charge in [-0.1, -0.05) is 12.1 Å². The number of benzene rings is 1. The number of piperidine rings is 1. The van der Waals surface area contributed by atoms with Crippen molar-refractivity contribution in [3.05, 3.63) is 29.8 Å². The van der Waals surface area contributed by atoms with Gasteiger partial charge < -0.3 is 15.5 Å². The summed E-state index contributed by atoms with van der Waals surface area (Å²) in [5, 5.41) is 21.7. The third-order valence-corrected chi connectivity index (χ3v) is 3.00. The van der Waals surface area contributed by atoms with E-state index in [1.807, 2.05) is 12.1 Å². The maximum absolute atomic E-state index is 9.19. The van der Waals surface area contributed by atoms with Gasteiger partial charge in [-0.15, -0.1) is 0 Å². The molecular formula is C12H17NO2. The lowest BCUT2D eigenvalue weighted by Gasteiger charge is -2.30. The van der Waals surface area contributed by atoms with E-state index in [-0.39, 0.29) is 12.6 Å². The van der Waals surface area contributed by atoms with Gasteiger partial charge in [0.1, 0.15) is 5.75 Å². The molecule has 3 heteroatoms. The molecule has 0 amide bonds. The van der Waals surface area contributed by atoms with Crippen LogP contribution in [0.2, 0.25) is 0 Å². The molecule has 1 saturated heterocycles. The minimum absolute atomic E-state index is 0.203. The first kappa shape index (κ1) is 10.5. The van der Waals surface area contributed by atoms with Crippen LogP contribution in [0.1, 0.15) is 30.9 Å². The van der Waals surface area contributed by atoms with Crippen LogP contribution < -0.4 is 5.32 Å². The number of nitrogens with one attached hydrogen (secondary N) is 1. The summed E-state index contributed by atoms with van der Waals surface area (Å²) in [4.78, 5) is 0. The Bertz CT molecular complexity index is 310. The first-order valence-corrected chi connectivity index (χ1v) is 5.45. The molecule has 2 unspecified atom stereocenters. The molecule has 1 aromatic carbocycles. The molecule has 1 aliphatic rings. The van der Waals surface area contributed by atoms with Crippen LogP contribution in [0.25, 0.3) is 0 Å². The van der Waals surface area contributed by atoms with Gasteiger partial charge in [-0.3, -0.25) is 0 Å². The Morgan fingerprint density at radius 3 is 2.60 bits per heavy atom. The lowest BCUT2D eigenvalue weighted by atomic mass is 9.94. The molecule has 0 bridgehead atoms. The van der Waals surface area contributed by atoms with Crippen LogP contribution in [0.5, 0.6) is 5.75 Å². The van der Waals surface area contributed by atoms with Crippen LogP contribution >= 0.6 is 0 Å². The van der Waals surface area contributed by atoms with Gasteiger partial charge in [-0.05, 0) is 37.0 Å². The lowest BCUT2D eigenvalue weighted by Crippen LogP contribution is -2.39. The van der Waals surface area contributed by atoms with Crippen LogP contribution in [-0.2, 0) is 0 Å². The molecule has 1 aliphatic heterocycles. The third kappa shape index (κ3) is 2.49. The van der Waals surface area contributed by atoms with Crippen molar-refractivity contribution >= 4 is 0 Å². The van der Waals surface area contributed by atoms with Gasteiger partial charge in [-0.25, -0.2) is 0 Å². The zero-order valence-electron chi connectivity index (χ0n) is 8.69. The van der Waals surface area contributed by atoms with Gasteiger partial charge >= 0.3 is 0 Å². The largest absolute Gasteiger partial charge is 0.508 e. The van der Waals surface area contributed by atoms with Crippen molar-refractivity contribution in [1.82, 2.24) is 5.32 Å². The fourth-order valence-corrected chi connectivity index (χ4v) is 2.13. The number of aromatic hydroxyl groups is 1. The molecule has 0 saturated carbocycles. The molecule has 0 radical (unpaired) electrons. The van der Waals surface area contributed by atoms with Gasteiger partial charge in [0.25, 0.3) is 0 Å². The molecule has 3 nitrogen and oxygen atoms in total. The topological polar surface area (TPSA) is 52.5 Å². The number of hydrogen-bond donors (Lipinski definition) is 3. The third-order valence-electron chi connectivity index (χ3n) is 3.00. The average molecular weight is 207 g/mol. The number of aliphatic hydroxyl groups excluding tert-OH is 1. The zero-order valence-corrected chi connectivity index (χ0v) is 8.69. The second kappa shape index (κ2) is 4.64. The Morgan fingerprint density at radius 2 is 1.93 bits per heavy atom. The van der Waals surface area contributed by atoms with Crippen molar-refractivity contribution < 1.29 is 10.2 Å². The summed E-state index contributed by atoms with van der Waals surface area (Å²) < 4.78 is 0. The first-order valence-electron chi connectivity index (χ1n) is 5.45. The lowest BCUT2D eigenvalue weighted by molar-refractivity contribution is 0.198. The quantitative estimate of drug-likeness (QED) is 0.690. The van der Waals surface area contributed by atoms with E-state index in [2.05, 4.69) is 5.32 Å². The van der Waals surface area contributed by atoms with Crippen molar-refractivity contribution in [3.8, 4) is 5.75 Å². The summed E-state index contributed by atoms with van der Waals surface area (Å²) in [5.74, 6) is 0.299. The van der Waals surface area contributed by atoms with Gasteiger partial charge in [0.05, 0.1) is 6.61 Å². The molecule has 0 aliphatic carbocycles. The van der Waals surface area contributed by atoms with Crippen molar-refractivity contribution in [2.75, 3.05) is 6.61 Å². The Balaban J connectivity index is 2.06. The second-order valence-corrected chi connectivity index (χ2v) is 4.12. The summed E-state index contributed by atoms with van der Waals surface area (Å²) in [7, 11) is 0. The van der Waals surface area contributed by atoms with Crippen molar-refractivity contribution in [2.45, 2.75) is 31.3 Å². The fourth-order valence-electron chi connectivity index (χ4n) is 2.13. The van der Waals surface area contributed by atoms with Crippen LogP contribution in [0, 0.1) is 0 Å². The highest BCUT2D eigenvalue weighted by molar-refractivity contribution is 5.28. The highest BCUT2D eigenvalue weighted by Gasteiger charge is 2.21. The van der Waals surface area contributed by atoms with Crippen molar-refractivity contribution in [2.24, 2.45) is 0 Å². The highest BCUT2D eigenvalue weighted by Crippen LogP contribution is 2.26. The summed E-state index contributed by atoms with van der Waals surface area (Å²) in [6.45, 7) is 0.203. The van der Waals surface area contributed by atoms with Gasteiger partial charge in [0.15, 0.2) is 0 Å². The van der Waals surface area contributed by atoms with Gasteiger partial charge in [-0.2, -0.15) is 0 Å². The van der Waals surface area contributed by atoms with E-state index >= 15 is 0 Å². The molecule has 82 valence electrons. The smallest absolute Gasteiger partial charge is 0.115 e. The number of aliphatic hydroxyl groups is 1. The van der Waals surface area contributed by atoms with Crippen molar-refractivity contribution in [1.29, 1.82) is 0 Å². The average Bonchev–Trinajstić information content (AvgIpc) is 2.30. The minimum Gasteiger partial charge on any atom is -0.508 e. The van der Waals surface area contributed by atoms with Crippen LogP contribution in [0.15, 0.2) is 24.3 Å². The van der Waals surface area contributed by atoms with E-state index in [9.17, 15) is 5.11 Å². The van der Waals surface area contributed by atoms with E-state index in [0.29, 0.717) is 11.8 Å². The van der Waals surface area contributed by atoms with Gasteiger partial charge in [0, 0.05) is 12.1 Å². The number of rotatable bonds is 2. The fraction of sp³-hybridized carbons (Fsp3) is 0.500. The van der Waals surface area contributed by atoms with E-state index in [0.717, 1.165) is 19.3 Å². The molecule has 1 fully saturated rings. The molecule has 2 rings (SSSR count). The highest BCUT2D eigenvalue weighted by atomic mass is 16.3. The second-order valence-electron chi connectivity index (χ2n) is 4.12. The van der Waals surface area contributed by atoms with Crippen molar-refractivity contribution in [3.63, 3.8) is 0 Å². The maximum Gasteiger partial charge on any atom is 0.115 e. The van der Waals surface area contributed by atoms with Crippen LogP contribution in [0.3, 0.4) is 0 Å². The molecule has 0 spiro atoms. The summed E-state index contributed by atoms with van der Waals surface area (Å²) >= 11 is 0. The molecule has 15 heavy (non-hydrogen) atoms. The van der Waals surface area contributed by atoms with E-state index < -0.39 is 0 Å². The van der Waals surface area contributed by atoms with Crippen LogP contribution in [-0.4, -0.2) is 22.9 Å². The predicted molar refractivity (Wildman–Crippen MR) is 58.7 cm³/mol. The molecular weight excluding hydrogens is 190 g/mol. The minimum atomic E-state index is 0.203. The molecule has 1 heterocycles. The Kier molecular flexibility index (Phi) is 3.23. The maximum atomic E-state index is 9.19. The van der Waals surface area contributed by atoms with E-state index in [4.69, 9.17) is 5.11 Å². The van der Waals surface area contributed by atoms with Gasteiger partial charge in [0.2, 0.25) is 0 Å². The first-order chi connectivity index (χ1) is 7.29. The summed E-state index contributed by atoms with van der Waals surface area (Å²) in [5.41, 5.74) is 1.19. The summed E-state index contributed by atoms with van der Waals surface area (Å²) in [6, 6.07) is 7.83. The SMILES string of the molecule is OCC1CCCC(c2ccc(O)cc2)N1. The standard InChI is InChI=1S/C12H17NO2/c14-8-10-2-1-3-12(13-10)9-4-6-11(15)7-5-9/h4-7,10,12-15H,1-3,8H2. The molecule has 2 atom stereocenters. The number of hydrogen-bond acceptors (Lipinski definition) is 3. The monoisotopic (exact) mass is 207 g/mol. The number of phenolic OH excluding ortho intramolecular Hbond substituents is 1. The molecule has 3 N–H and O–H groups in total. The van der Waals surface area contributed by atoms with E-state index in [1.165, 1.54) is 5.56 Å². The Labute approximate surface area is 89.8 Å². The van der Waals surface area contributed by atoms with E-state index in [1.54, 1.807) is 12.1 Å². The Hall–Kier alpha value is -1.06. The normalized spacial score (nSPS) is 26.5.